The number of Topliss-reactive ketones (excluding diaryl/α,β-unsaturated/α-hetero) is 1. The second kappa shape index (κ2) is 10.7. The van der Waals surface area contributed by atoms with Crippen LogP contribution >= 0.6 is 22.7 Å². The number of fused-ring (bicyclic) bond motifs is 3. The maximum absolute atomic E-state index is 13.6. The molecule has 0 saturated carbocycles. The second-order valence-electron chi connectivity index (χ2n) is 9.93. The lowest BCUT2D eigenvalue weighted by atomic mass is 10.0. The molecule has 7 aromatic rings. The first-order chi connectivity index (χ1) is 21.2. The third kappa shape index (κ3) is 5.24. The van der Waals surface area contributed by atoms with Crippen LogP contribution in [0.15, 0.2) is 59.3 Å². The minimum absolute atomic E-state index is 0.0762. The lowest BCUT2D eigenvalue weighted by Gasteiger charge is -2.10. The van der Waals surface area contributed by atoms with Crippen molar-refractivity contribution in [3.8, 4) is 28.1 Å². The Morgan fingerprint density at radius 3 is 2.52 bits per heavy atom. The standard InChI is InChI=1S/C29H22F2N6O5S2/c1-29(30,31)25-34-36-12-19(32-26(36)43-25)21(38)8-15-5-4-6-16(7-15)14-41-22-9-17(39-2)10-23-18(22)11-24(42-23)20-13-37-27(33-20)44-28(35-37)40-3/h4-7,9-13H,8,14H2,1-3H3. The number of imidazole rings is 2. The van der Waals surface area contributed by atoms with Crippen molar-refractivity contribution in [2.24, 2.45) is 0 Å². The van der Waals surface area contributed by atoms with Crippen molar-refractivity contribution < 1.29 is 32.2 Å². The normalized spacial score (nSPS) is 12.0. The second-order valence-corrected chi connectivity index (χ2v) is 11.8. The molecule has 0 atom stereocenters. The van der Waals surface area contributed by atoms with Crippen LogP contribution in [-0.4, -0.2) is 49.2 Å². The van der Waals surface area contributed by atoms with Crippen LogP contribution in [-0.2, 0) is 19.0 Å². The lowest BCUT2D eigenvalue weighted by molar-refractivity contribution is 0.0163. The number of carbonyl (C=O) groups is 1. The van der Waals surface area contributed by atoms with E-state index in [1.54, 1.807) is 37.1 Å². The van der Waals surface area contributed by atoms with Crippen LogP contribution in [0.3, 0.4) is 0 Å². The molecule has 0 aliphatic rings. The van der Waals surface area contributed by atoms with Gasteiger partial charge in [0.05, 0.1) is 32.0 Å². The fourth-order valence-electron chi connectivity index (χ4n) is 4.61. The molecule has 0 fully saturated rings. The van der Waals surface area contributed by atoms with Crippen molar-refractivity contribution in [3.05, 3.63) is 76.7 Å². The van der Waals surface area contributed by atoms with E-state index in [1.165, 1.54) is 22.0 Å². The number of hydrogen-bond acceptors (Lipinski definition) is 11. The molecule has 0 radical (unpaired) electrons. The van der Waals surface area contributed by atoms with Gasteiger partial charge in [-0.3, -0.25) is 4.79 Å². The molecule has 0 unspecified atom stereocenters. The number of aromatic nitrogens is 6. The summed E-state index contributed by atoms with van der Waals surface area (Å²) in [5, 5.41) is 9.06. The van der Waals surface area contributed by atoms with Crippen molar-refractivity contribution >= 4 is 49.3 Å². The first-order valence-electron chi connectivity index (χ1n) is 13.2. The summed E-state index contributed by atoms with van der Waals surface area (Å²) in [6, 6.07) is 12.9. The summed E-state index contributed by atoms with van der Waals surface area (Å²) in [6.07, 6.45) is 3.22. The van der Waals surface area contributed by atoms with Gasteiger partial charge in [0.15, 0.2) is 16.6 Å². The van der Waals surface area contributed by atoms with Gasteiger partial charge in [0, 0.05) is 25.5 Å². The molecule has 44 heavy (non-hydrogen) atoms. The van der Waals surface area contributed by atoms with E-state index < -0.39 is 5.92 Å². The summed E-state index contributed by atoms with van der Waals surface area (Å²) in [5.41, 5.74) is 2.94. The van der Waals surface area contributed by atoms with Gasteiger partial charge in [-0.15, -0.1) is 5.10 Å². The Bertz CT molecular complexity index is 2110. The third-order valence-electron chi connectivity index (χ3n) is 6.72. The van der Waals surface area contributed by atoms with Crippen LogP contribution in [0, 0.1) is 0 Å². The molecule has 5 aromatic heterocycles. The molecule has 0 aliphatic heterocycles. The molecule has 0 N–H and O–H groups in total. The van der Waals surface area contributed by atoms with Crippen molar-refractivity contribution in [1.29, 1.82) is 0 Å². The number of carbonyl (C=O) groups excluding carboxylic acids is 1. The number of benzene rings is 2. The topological polar surface area (TPSA) is 118 Å². The summed E-state index contributed by atoms with van der Waals surface area (Å²) in [5.74, 6) is -1.66. The fourth-order valence-corrected chi connectivity index (χ4v) is 6.12. The van der Waals surface area contributed by atoms with Gasteiger partial charge in [-0.1, -0.05) is 35.6 Å². The molecule has 224 valence electrons. The Kier molecular flexibility index (Phi) is 6.77. The molecule has 0 saturated heterocycles. The summed E-state index contributed by atoms with van der Waals surface area (Å²) < 4.78 is 53.0. The van der Waals surface area contributed by atoms with E-state index in [0.29, 0.717) is 38.7 Å². The quantitative estimate of drug-likeness (QED) is 0.156. The monoisotopic (exact) mass is 636 g/mol. The van der Waals surface area contributed by atoms with Gasteiger partial charge in [-0.05, 0) is 28.5 Å². The summed E-state index contributed by atoms with van der Waals surface area (Å²) >= 11 is 2.08. The number of nitrogens with zero attached hydrogens (tertiary/aromatic N) is 6. The molecule has 5 heterocycles. The number of methoxy groups -OCH3 is 2. The average Bonchev–Trinajstić information content (AvgIpc) is 3.79. The highest BCUT2D eigenvalue weighted by Gasteiger charge is 2.30. The predicted octanol–water partition coefficient (Wildman–Crippen LogP) is 6.44. The number of hydrogen-bond donors (Lipinski definition) is 0. The molecule has 0 amide bonds. The van der Waals surface area contributed by atoms with Crippen LogP contribution in [0.4, 0.5) is 8.78 Å². The Morgan fingerprint density at radius 2 is 1.77 bits per heavy atom. The van der Waals surface area contributed by atoms with E-state index >= 15 is 0 Å². The highest BCUT2D eigenvalue weighted by atomic mass is 32.1. The van der Waals surface area contributed by atoms with E-state index in [2.05, 4.69) is 20.2 Å². The van der Waals surface area contributed by atoms with Crippen LogP contribution in [0.5, 0.6) is 16.7 Å². The zero-order valence-electron chi connectivity index (χ0n) is 23.4. The zero-order chi connectivity index (χ0) is 30.6. The minimum atomic E-state index is -3.07. The Balaban J connectivity index is 1.08. The van der Waals surface area contributed by atoms with E-state index in [-0.39, 0.29) is 34.5 Å². The van der Waals surface area contributed by atoms with E-state index in [1.807, 2.05) is 30.3 Å². The summed E-state index contributed by atoms with van der Waals surface area (Å²) in [4.78, 5) is 22.7. The van der Waals surface area contributed by atoms with Gasteiger partial charge in [-0.2, -0.15) is 13.9 Å². The third-order valence-corrected chi connectivity index (χ3v) is 8.69. The van der Waals surface area contributed by atoms with E-state index in [0.717, 1.165) is 34.8 Å². The fraction of sp³-hybridized carbons (Fsp3) is 0.207. The molecule has 11 nitrogen and oxygen atoms in total. The number of furan rings is 1. The predicted molar refractivity (Wildman–Crippen MR) is 158 cm³/mol. The molecule has 15 heteroatoms. The van der Waals surface area contributed by atoms with Gasteiger partial charge in [0.1, 0.15) is 35.1 Å². The number of halogens is 2. The Morgan fingerprint density at radius 1 is 0.977 bits per heavy atom. The number of ether oxygens (including phenoxy) is 3. The maximum atomic E-state index is 13.6. The van der Waals surface area contributed by atoms with Crippen molar-refractivity contribution in [2.75, 3.05) is 14.2 Å². The SMILES string of the molecule is COc1cc(OCc2cccc(CC(=O)c3cn4nc(C(C)(F)F)sc4n3)c2)c2cc(-c3cn4nc(OC)sc4n3)oc2c1. The molecular formula is C29H22F2N6O5S2. The summed E-state index contributed by atoms with van der Waals surface area (Å²) in [6.45, 7) is 0.990. The Hall–Kier alpha value is -4.89. The van der Waals surface area contributed by atoms with Gasteiger partial charge in [-0.25, -0.2) is 19.0 Å². The van der Waals surface area contributed by atoms with Crippen LogP contribution in [0.2, 0.25) is 0 Å². The molecule has 0 spiro atoms. The van der Waals surface area contributed by atoms with Gasteiger partial charge in [0.2, 0.25) is 9.92 Å². The average molecular weight is 637 g/mol. The van der Waals surface area contributed by atoms with Crippen LogP contribution in [0.1, 0.15) is 33.5 Å². The van der Waals surface area contributed by atoms with Crippen molar-refractivity contribution in [1.82, 2.24) is 29.2 Å². The number of alkyl halides is 2. The van der Waals surface area contributed by atoms with Crippen molar-refractivity contribution in [2.45, 2.75) is 25.9 Å². The smallest absolute Gasteiger partial charge is 0.298 e. The van der Waals surface area contributed by atoms with Gasteiger partial charge < -0.3 is 18.6 Å². The first-order valence-corrected chi connectivity index (χ1v) is 14.8. The van der Waals surface area contributed by atoms with Crippen LogP contribution < -0.4 is 14.2 Å². The summed E-state index contributed by atoms with van der Waals surface area (Å²) in [7, 11) is 3.12. The molecule has 7 rings (SSSR count). The highest BCUT2D eigenvalue weighted by Crippen LogP contribution is 2.38. The molecule has 2 aromatic carbocycles. The van der Waals surface area contributed by atoms with E-state index in [4.69, 9.17) is 18.6 Å². The number of rotatable bonds is 10. The lowest BCUT2D eigenvalue weighted by Crippen LogP contribution is -2.07. The zero-order valence-corrected chi connectivity index (χ0v) is 25.0. The minimum Gasteiger partial charge on any atom is -0.496 e. The van der Waals surface area contributed by atoms with Crippen molar-refractivity contribution in [3.63, 3.8) is 0 Å². The molecule has 0 bridgehead atoms. The van der Waals surface area contributed by atoms with Gasteiger partial charge >= 0.3 is 0 Å². The van der Waals surface area contributed by atoms with Gasteiger partial charge in [0.25, 0.3) is 11.1 Å². The largest absolute Gasteiger partial charge is 0.496 e. The first kappa shape index (κ1) is 27.9. The maximum Gasteiger partial charge on any atom is 0.298 e. The molecular weight excluding hydrogens is 614 g/mol. The van der Waals surface area contributed by atoms with E-state index in [9.17, 15) is 13.6 Å². The molecule has 0 aliphatic carbocycles. The van der Waals surface area contributed by atoms with Crippen LogP contribution in [0.25, 0.3) is 32.3 Å². The Labute approximate surface area is 255 Å². The number of ketones is 1. The highest BCUT2D eigenvalue weighted by molar-refractivity contribution is 7.18.